The highest BCUT2D eigenvalue weighted by Gasteiger charge is 2.19. The van der Waals surface area contributed by atoms with Crippen LogP contribution >= 0.6 is 0 Å². The molecular formula is C65H122O6. The molecule has 0 bridgehead atoms. The summed E-state index contributed by atoms with van der Waals surface area (Å²) in [5, 5.41) is 0. The van der Waals surface area contributed by atoms with Gasteiger partial charge in [-0.05, 0) is 51.4 Å². The first-order valence-corrected chi connectivity index (χ1v) is 31.8. The Morgan fingerprint density at radius 1 is 0.282 bits per heavy atom. The van der Waals surface area contributed by atoms with Gasteiger partial charge in [0.05, 0.1) is 0 Å². The third-order valence-electron chi connectivity index (χ3n) is 14.5. The summed E-state index contributed by atoms with van der Waals surface area (Å²) in [6, 6.07) is 0. The van der Waals surface area contributed by atoms with E-state index >= 15 is 0 Å². The minimum absolute atomic E-state index is 0.0684. The van der Waals surface area contributed by atoms with Gasteiger partial charge in [0.1, 0.15) is 13.2 Å². The lowest BCUT2D eigenvalue weighted by Crippen LogP contribution is -2.30. The molecule has 0 aromatic carbocycles. The van der Waals surface area contributed by atoms with E-state index < -0.39 is 6.10 Å². The van der Waals surface area contributed by atoms with Crippen LogP contribution in [0.15, 0.2) is 24.3 Å². The maximum atomic E-state index is 12.9. The van der Waals surface area contributed by atoms with E-state index in [2.05, 4.69) is 45.1 Å². The predicted octanol–water partition coefficient (Wildman–Crippen LogP) is 21.4. The minimum atomic E-state index is -0.771. The molecule has 0 heterocycles. The van der Waals surface area contributed by atoms with Crippen LogP contribution in [0, 0.1) is 0 Å². The third kappa shape index (κ3) is 58.7. The van der Waals surface area contributed by atoms with Gasteiger partial charge in [-0.15, -0.1) is 0 Å². The molecule has 0 saturated heterocycles. The summed E-state index contributed by atoms with van der Waals surface area (Å²) in [6.07, 6.45) is 71.8. The van der Waals surface area contributed by atoms with E-state index in [0.29, 0.717) is 19.3 Å². The average Bonchev–Trinajstić information content (AvgIpc) is 3.37. The zero-order valence-electron chi connectivity index (χ0n) is 48.0. The van der Waals surface area contributed by atoms with Crippen molar-refractivity contribution in [3.63, 3.8) is 0 Å². The third-order valence-corrected chi connectivity index (χ3v) is 14.5. The maximum absolute atomic E-state index is 12.9. The second-order valence-corrected chi connectivity index (χ2v) is 21.7. The predicted molar refractivity (Wildman–Crippen MR) is 307 cm³/mol. The Hall–Kier alpha value is -2.11. The van der Waals surface area contributed by atoms with Gasteiger partial charge in [-0.1, -0.05) is 308 Å². The number of esters is 3. The topological polar surface area (TPSA) is 78.9 Å². The summed E-state index contributed by atoms with van der Waals surface area (Å²) in [6.45, 7) is 6.68. The fraction of sp³-hybridized carbons (Fsp3) is 0.892. The highest BCUT2D eigenvalue weighted by molar-refractivity contribution is 5.71. The zero-order chi connectivity index (χ0) is 51.4. The molecule has 6 nitrogen and oxygen atoms in total. The van der Waals surface area contributed by atoms with E-state index in [1.807, 2.05) is 0 Å². The lowest BCUT2D eigenvalue weighted by molar-refractivity contribution is -0.167. The van der Waals surface area contributed by atoms with Crippen molar-refractivity contribution in [3.8, 4) is 0 Å². The first-order valence-electron chi connectivity index (χ1n) is 31.8. The van der Waals surface area contributed by atoms with Crippen molar-refractivity contribution in [2.75, 3.05) is 13.2 Å². The first kappa shape index (κ1) is 68.9. The molecule has 0 N–H and O–H groups in total. The van der Waals surface area contributed by atoms with Gasteiger partial charge in [-0.3, -0.25) is 14.4 Å². The normalized spacial score (nSPS) is 12.1. The van der Waals surface area contributed by atoms with Gasteiger partial charge in [0.15, 0.2) is 6.10 Å². The molecule has 0 saturated carbocycles. The van der Waals surface area contributed by atoms with Crippen molar-refractivity contribution in [1.29, 1.82) is 0 Å². The van der Waals surface area contributed by atoms with Gasteiger partial charge in [0.25, 0.3) is 0 Å². The van der Waals surface area contributed by atoms with Crippen molar-refractivity contribution in [2.45, 2.75) is 361 Å². The Bertz CT molecular complexity index is 1150. The molecule has 0 amide bonds. The SMILES string of the molecule is CCCCC/C=C\C/C=C\CCCCCCCCCC(=O)OC(COC(=O)CCCCCCCCCCCCCCCCC)COC(=O)CCCCCCCCCCCCCCCCCCCCCCC. The van der Waals surface area contributed by atoms with Crippen LogP contribution in [0.4, 0.5) is 0 Å². The van der Waals surface area contributed by atoms with E-state index in [-0.39, 0.29) is 31.1 Å². The van der Waals surface area contributed by atoms with E-state index in [4.69, 9.17) is 14.2 Å². The molecule has 1 unspecified atom stereocenters. The molecule has 71 heavy (non-hydrogen) atoms. The van der Waals surface area contributed by atoms with Crippen LogP contribution in [-0.4, -0.2) is 37.2 Å². The molecule has 0 aliphatic carbocycles. The Morgan fingerprint density at radius 2 is 0.507 bits per heavy atom. The molecule has 1 atom stereocenters. The number of unbranched alkanes of at least 4 members (excludes halogenated alkanes) is 44. The molecule has 0 aliphatic rings. The van der Waals surface area contributed by atoms with E-state index in [1.165, 1.54) is 244 Å². The van der Waals surface area contributed by atoms with Gasteiger partial charge in [0, 0.05) is 19.3 Å². The molecule has 0 spiro atoms. The molecular weight excluding hydrogens is 877 g/mol. The maximum Gasteiger partial charge on any atom is 0.306 e. The number of ether oxygens (including phenoxy) is 3. The van der Waals surface area contributed by atoms with Gasteiger partial charge >= 0.3 is 17.9 Å². The summed E-state index contributed by atoms with van der Waals surface area (Å²) in [4.78, 5) is 38.3. The van der Waals surface area contributed by atoms with Gasteiger partial charge in [0.2, 0.25) is 0 Å². The quantitative estimate of drug-likeness (QED) is 0.0261. The van der Waals surface area contributed by atoms with Crippen LogP contribution in [-0.2, 0) is 28.6 Å². The van der Waals surface area contributed by atoms with Crippen LogP contribution < -0.4 is 0 Å². The largest absolute Gasteiger partial charge is 0.462 e. The number of carbonyl (C=O) groups is 3. The monoisotopic (exact) mass is 999 g/mol. The van der Waals surface area contributed by atoms with Gasteiger partial charge in [-0.2, -0.15) is 0 Å². The fourth-order valence-corrected chi connectivity index (χ4v) is 9.65. The summed E-state index contributed by atoms with van der Waals surface area (Å²) in [5.74, 6) is -0.848. The van der Waals surface area contributed by atoms with Crippen LogP contribution in [0.1, 0.15) is 355 Å². The van der Waals surface area contributed by atoms with E-state index in [1.54, 1.807) is 0 Å². The summed E-state index contributed by atoms with van der Waals surface area (Å²) in [5.41, 5.74) is 0. The van der Waals surface area contributed by atoms with Crippen LogP contribution in [0.2, 0.25) is 0 Å². The van der Waals surface area contributed by atoms with E-state index in [9.17, 15) is 14.4 Å². The number of allylic oxidation sites excluding steroid dienone is 4. The van der Waals surface area contributed by atoms with Crippen LogP contribution in [0.25, 0.3) is 0 Å². The number of hydrogen-bond donors (Lipinski definition) is 0. The van der Waals surface area contributed by atoms with Gasteiger partial charge in [-0.25, -0.2) is 0 Å². The molecule has 0 radical (unpaired) electrons. The van der Waals surface area contributed by atoms with E-state index in [0.717, 1.165) is 70.6 Å². The van der Waals surface area contributed by atoms with Crippen molar-refractivity contribution < 1.29 is 28.6 Å². The smallest absolute Gasteiger partial charge is 0.306 e. The Kier molecular flexibility index (Phi) is 58.6. The van der Waals surface area contributed by atoms with Crippen LogP contribution in [0.5, 0.6) is 0 Å². The summed E-state index contributed by atoms with van der Waals surface area (Å²) in [7, 11) is 0. The van der Waals surface area contributed by atoms with Crippen LogP contribution in [0.3, 0.4) is 0 Å². The Morgan fingerprint density at radius 3 is 0.803 bits per heavy atom. The first-order chi connectivity index (χ1) is 35.0. The minimum Gasteiger partial charge on any atom is -0.462 e. The number of hydrogen-bond acceptors (Lipinski definition) is 6. The molecule has 0 aliphatic heterocycles. The van der Waals surface area contributed by atoms with Crippen molar-refractivity contribution >= 4 is 17.9 Å². The molecule has 0 aromatic heterocycles. The number of carbonyl (C=O) groups excluding carboxylic acids is 3. The van der Waals surface area contributed by atoms with Crippen molar-refractivity contribution in [1.82, 2.24) is 0 Å². The highest BCUT2D eigenvalue weighted by atomic mass is 16.6. The lowest BCUT2D eigenvalue weighted by Gasteiger charge is -2.18. The molecule has 6 heteroatoms. The van der Waals surface area contributed by atoms with Gasteiger partial charge < -0.3 is 14.2 Å². The highest BCUT2D eigenvalue weighted by Crippen LogP contribution is 2.18. The second kappa shape index (κ2) is 60.4. The molecule has 0 aromatic rings. The Balaban J connectivity index is 4.29. The lowest BCUT2D eigenvalue weighted by atomic mass is 10.0. The fourth-order valence-electron chi connectivity index (χ4n) is 9.65. The average molecular weight is 1000 g/mol. The number of rotatable bonds is 59. The van der Waals surface area contributed by atoms with Crippen molar-refractivity contribution in [3.05, 3.63) is 24.3 Å². The standard InChI is InChI=1S/C65H122O6/c1-4-7-10-13-16-19-22-25-28-30-31-32-33-35-37-40-43-46-49-52-55-58-64(67)70-61-62(60-69-63(66)57-54-51-48-45-42-39-36-27-24-21-18-15-12-9-6-3)71-65(68)59-56-53-50-47-44-41-38-34-29-26-23-20-17-14-11-8-5-2/h17,20,26,29,62H,4-16,18-19,21-25,27-28,30-61H2,1-3H3/b20-17-,29-26-. The Labute approximate surface area is 443 Å². The zero-order valence-corrected chi connectivity index (χ0v) is 48.0. The molecule has 0 rings (SSSR count). The molecule has 0 fully saturated rings. The summed E-state index contributed by atoms with van der Waals surface area (Å²) >= 11 is 0. The molecule has 418 valence electrons. The van der Waals surface area contributed by atoms with Crippen molar-refractivity contribution in [2.24, 2.45) is 0 Å². The second-order valence-electron chi connectivity index (χ2n) is 21.7. The summed E-state index contributed by atoms with van der Waals surface area (Å²) < 4.78 is 16.9.